The Bertz CT molecular complexity index is 3450. The van der Waals surface area contributed by atoms with Crippen LogP contribution in [0.15, 0.2) is 204 Å². The first-order valence-electron chi connectivity index (χ1n) is 20.0. The Morgan fingerprint density at radius 2 is 1.26 bits per heavy atom. The van der Waals surface area contributed by atoms with Gasteiger partial charge in [0.25, 0.3) is 0 Å². The molecule has 1 aliphatic carbocycles. The predicted octanol–water partition coefficient (Wildman–Crippen LogP) is 15.8. The Kier molecular flexibility index (Phi) is 7.54. The molecule has 3 heterocycles. The molecular formula is C54H36N2OS. The topological polar surface area (TPSA) is 21.3 Å². The number of hydrogen-bond acceptors (Lipinski definition) is 3. The second kappa shape index (κ2) is 13.2. The van der Waals surface area contributed by atoms with Crippen molar-refractivity contribution in [3.05, 3.63) is 200 Å². The van der Waals surface area contributed by atoms with Crippen molar-refractivity contribution in [2.75, 3.05) is 4.90 Å². The van der Waals surface area contributed by atoms with E-state index >= 15 is 0 Å². The smallest absolute Gasteiger partial charge is 0.143 e. The van der Waals surface area contributed by atoms with Gasteiger partial charge in [-0.3, -0.25) is 0 Å². The summed E-state index contributed by atoms with van der Waals surface area (Å²) < 4.78 is 11.8. The van der Waals surface area contributed by atoms with Gasteiger partial charge >= 0.3 is 0 Å². The lowest BCUT2D eigenvalue weighted by Gasteiger charge is -2.28. The number of rotatable bonds is 6. The Morgan fingerprint density at radius 3 is 2.12 bits per heavy atom. The molecule has 8 aromatic carbocycles. The van der Waals surface area contributed by atoms with E-state index in [0.717, 1.165) is 57.3 Å². The number of benzene rings is 8. The van der Waals surface area contributed by atoms with Gasteiger partial charge in [-0.25, -0.2) is 0 Å². The fraction of sp³-hybridized carbons (Fsp3) is 0.0370. The highest BCUT2D eigenvalue weighted by Gasteiger charge is 2.22. The minimum Gasteiger partial charge on any atom is -0.455 e. The summed E-state index contributed by atoms with van der Waals surface area (Å²) in [6.07, 6.45) is 9.03. The third kappa shape index (κ3) is 5.19. The van der Waals surface area contributed by atoms with Crippen molar-refractivity contribution in [3.63, 3.8) is 0 Å². The van der Waals surface area contributed by atoms with Gasteiger partial charge in [0, 0.05) is 64.4 Å². The molecule has 0 saturated heterocycles. The van der Waals surface area contributed by atoms with E-state index < -0.39 is 0 Å². The van der Waals surface area contributed by atoms with Crippen molar-refractivity contribution in [1.29, 1.82) is 0 Å². The fourth-order valence-electron chi connectivity index (χ4n) is 9.14. The molecule has 0 atom stereocenters. The fourth-order valence-corrected chi connectivity index (χ4v) is 10.3. The van der Waals surface area contributed by atoms with E-state index in [1.54, 1.807) is 0 Å². The number of aromatic nitrogens is 1. The number of thiophene rings is 1. The van der Waals surface area contributed by atoms with Crippen LogP contribution in [0.25, 0.3) is 91.9 Å². The molecule has 0 unspecified atom stereocenters. The van der Waals surface area contributed by atoms with Crippen LogP contribution >= 0.6 is 11.3 Å². The van der Waals surface area contributed by atoms with Gasteiger partial charge in [0.2, 0.25) is 0 Å². The summed E-state index contributed by atoms with van der Waals surface area (Å²) in [7, 11) is 0. The van der Waals surface area contributed by atoms with Crippen LogP contribution in [0.1, 0.15) is 12.8 Å². The minimum absolute atomic E-state index is 0.888. The molecule has 12 rings (SSSR count). The average molecular weight is 761 g/mol. The van der Waals surface area contributed by atoms with Gasteiger partial charge in [-0.1, -0.05) is 127 Å². The van der Waals surface area contributed by atoms with E-state index in [-0.39, 0.29) is 0 Å². The lowest BCUT2D eigenvalue weighted by Crippen LogP contribution is -2.16. The number of anilines is 2. The SMILES string of the molecule is C1=CC(N(c2ccc(-c3cc(-n4c5ccccc5c5ccc(-c6ccccc6)cc54)cc4c3oc3ccccc34)cc2)c2cccc3sc4ccccc4c23)=CCC1. The second-order valence-electron chi connectivity index (χ2n) is 15.2. The van der Waals surface area contributed by atoms with Crippen molar-refractivity contribution in [2.45, 2.75) is 12.8 Å². The van der Waals surface area contributed by atoms with Crippen LogP contribution in [0, 0.1) is 0 Å². The molecule has 0 fully saturated rings. The molecule has 0 aliphatic heterocycles. The van der Waals surface area contributed by atoms with E-state index in [9.17, 15) is 0 Å². The van der Waals surface area contributed by atoms with Crippen molar-refractivity contribution < 1.29 is 4.42 Å². The molecule has 58 heavy (non-hydrogen) atoms. The first-order chi connectivity index (χ1) is 28.8. The number of furan rings is 1. The Morgan fingerprint density at radius 1 is 0.517 bits per heavy atom. The number of hydrogen-bond donors (Lipinski definition) is 0. The Hall–Kier alpha value is -7.14. The van der Waals surface area contributed by atoms with Crippen LogP contribution in [0.4, 0.5) is 11.4 Å². The van der Waals surface area contributed by atoms with E-state index in [4.69, 9.17) is 4.42 Å². The Labute approximate surface area is 339 Å². The molecule has 0 radical (unpaired) electrons. The summed E-state index contributed by atoms with van der Waals surface area (Å²) in [5.41, 5.74) is 13.3. The minimum atomic E-state index is 0.888. The van der Waals surface area contributed by atoms with Crippen LogP contribution < -0.4 is 4.90 Å². The molecule has 3 nitrogen and oxygen atoms in total. The van der Waals surface area contributed by atoms with Gasteiger partial charge in [0.1, 0.15) is 11.2 Å². The molecule has 4 heteroatoms. The number of nitrogens with zero attached hydrogens (tertiary/aromatic N) is 2. The normalized spacial score (nSPS) is 13.1. The maximum absolute atomic E-state index is 6.75. The molecule has 1 aliphatic rings. The molecular weight excluding hydrogens is 725 g/mol. The maximum atomic E-state index is 6.75. The van der Waals surface area contributed by atoms with Gasteiger partial charge < -0.3 is 13.9 Å². The summed E-state index contributed by atoms with van der Waals surface area (Å²) in [5, 5.41) is 7.28. The number of allylic oxidation sites excluding steroid dienone is 3. The molecule has 0 N–H and O–H groups in total. The van der Waals surface area contributed by atoms with E-state index in [0.29, 0.717) is 0 Å². The lowest BCUT2D eigenvalue weighted by atomic mass is 10.00. The van der Waals surface area contributed by atoms with Crippen molar-refractivity contribution in [1.82, 2.24) is 4.57 Å². The highest BCUT2D eigenvalue weighted by atomic mass is 32.1. The van der Waals surface area contributed by atoms with Gasteiger partial charge in [0.15, 0.2) is 0 Å². The summed E-state index contributed by atoms with van der Waals surface area (Å²) >= 11 is 1.86. The summed E-state index contributed by atoms with van der Waals surface area (Å²) in [6, 6.07) is 63.9. The predicted molar refractivity (Wildman–Crippen MR) is 247 cm³/mol. The quantitative estimate of drug-likeness (QED) is 0.168. The third-order valence-corrected chi connectivity index (χ3v) is 12.9. The van der Waals surface area contributed by atoms with Gasteiger partial charge in [-0.2, -0.15) is 0 Å². The molecule has 0 amide bonds. The van der Waals surface area contributed by atoms with Crippen LogP contribution in [0.5, 0.6) is 0 Å². The second-order valence-corrected chi connectivity index (χ2v) is 16.2. The number of para-hydroxylation sites is 2. The molecule has 0 saturated carbocycles. The molecule has 11 aromatic rings. The van der Waals surface area contributed by atoms with Crippen molar-refractivity contribution in [3.8, 4) is 27.9 Å². The average Bonchev–Trinajstić information content (AvgIpc) is 3.97. The van der Waals surface area contributed by atoms with Crippen LogP contribution in [-0.2, 0) is 0 Å². The zero-order valence-corrected chi connectivity index (χ0v) is 32.4. The van der Waals surface area contributed by atoms with E-state index in [2.05, 4.69) is 204 Å². The third-order valence-electron chi connectivity index (χ3n) is 11.8. The lowest BCUT2D eigenvalue weighted by molar-refractivity contribution is 0.670. The standard InChI is InChI=1S/C54H36N2OS/c1-3-14-35(15-4-1)37-28-31-42-41-18-7-10-21-47(41)56(49(42)32-37)40-33-45(54-46(34-40)43-19-8-11-23-50(43)57-54)36-26-29-39(30-27-36)55(38-16-5-2-6-17-38)48-22-13-25-52-53(48)44-20-9-12-24-51(44)58-52/h1,3-5,7-34H,2,6H2. The van der Waals surface area contributed by atoms with Gasteiger partial charge in [-0.05, 0) is 96.3 Å². The summed E-state index contributed by atoms with van der Waals surface area (Å²) in [6.45, 7) is 0. The van der Waals surface area contributed by atoms with Crippen LogP contribution in [0.3, 0.4) is 0 Å². The molecule has 0 bridgehead atoms. The van der Waals surface area contributed by atoms with Crippen molar-refractivity contribution in [2.24, 2.45) is 0 Å². The zero-order chi connectivity index (χ0) is 38.2. The highest BCUT2D eigenvalue weighted by Crippen LogP contribution is 2.45. The zero-order valence-electron chi connectivity index (χ0n) is 31.6. The largest absolute Gasteiger partial charge is 0.455 e. The molecule has 0 spiro atoms. The maximum Gasteiger partial charge on any atom is 0.143 e. The van der Waals surface area contributed by atoms with Crippen LogP contribution in [0.2, 0.25) is 0 Å². The first-order valence-corrected chi connectivity index (χ1v) is 20.8. The Balaban J connectivity index is 1.07. The molecule has 274 valence electrons. The van der Waals surface area contributed by atoms with Crippen LogP contribution in [-0.4, -0.2) is 4.57 Å². The monoisotopic (exact) mass is 760 g/mol. The molecule has 3 aromatic heterocycles. The highest BCUT2D eigenvalue weighted by molar-refractivity contribution is 7.26. The van der Waals surface area contributed by atoms with E-state index in [1.807, 2.05) is 11.3 Å². The van der Waals surface area contributed by atoms with Crippen molar-refractivity contribution >= 4 is 86.6 Å². The number of fused-ring (bicyclic) bond motifs is 9. The summed E-state index contributed by atoms with van der Waals surface area (Å²) in [5.74, 6) is 0. The van der Waals surface area contributed by atoms with Gasteiger partial charge in [0.05, 0.1) is 16.7 Å². The van der Waals surface area contributed by atoms with Gasteiger partial charge in [-0.15, -0.1) is 11.3 Å². The van der Waals surface area contributed by atoms with E-state index in [1.165, 1.54) is 64.5 Å². The summed E-state index contributed by atoms with van der Waals surface area (Å²) in [4.78, 5) is 2.44. The first kappa shape index (κ1) is 33.0.